The second-order valence-electron chi connectivity index (χ2n) is 6.44. The summed E-state index contributed by atoms with van der Waals surface area (Å²) >= 11 is 0. The molecule has 0 aromatic carbocycles. The number of carbonyl (C=O) groups is 1. The maximum Gasteiger partial charge on any atom is 0.463 e. The predicted octanol–water partition coefficient (Wildman–Crippen LogP) is 4.30. The maximum absolute atomic E-state index is 12.9. The molecule has 0 aromatic heterocycles. The Kier molecular flexibility index (Phi) is 5.26. The van der Waals surface area contributed by atoms with Crippen molar-refractivity contribution in [2.75, 3.05) is 0 Å². The van der Waals surface area contributed by atoms with Crippen LogP contribution in [0.5, 0.6) is 0 Å². The number of amides is 1. The van der Waals surface area contributed by atoms with Crippen molar-refractivity contribution in [3.63, 3.8) is 0 Å². The van der Waals surface area contributed by atoms with Gasteiger partial charge in [0.25, 0.3) is 0 Å². The lowest BCUT2D eigenvalue weighted by Gasteiger charge is -2.39. The summed E-state index contributed by atoms with van der Waals surface area (Å²) in [5.41, 5.74) is 0.116. The summed E-state index contributed by atoms with van der Waals surface area (Å²) in [4.78, 5) is 11.1. The lowest BCUT2D eigenvalue weighted by Crippen LogP contribution is -2.53. The minimum atomic E-state index is -5.85. The van der Waals surface area contributed by atoms with Crippen LogP contribution in [-0.4, -0.2) is 24.0 Å². The SMILES string of the molecule is CCC(C)(C)C1CCC(NC(=O)C(F)(F)C(F)(F)F)CC1. The van der Waals surface area contributed by atoms with Gasteiger partial charge < -0.3 is 5.32 Å². The third-order valence-electron chi connectivity index (χ3n) is 4.72. The second kappa shape index (κ2) is 6.08. The molecule has 1 saturated carbocycles. The van der Waals surface area contributed by atoms with Crippen LogP contribution < -0.4 is 5.32 Å². The van der Waals surface area contributed by atoms with Gasteiger partial charge in [-0.2, -0.15) is 22.0 Å². The van der Waals surface area contributed by atoms with Gasteiger partial charge in [0, 0.05) is 6.04 Å². The molecule has 2 nitrogen and oxygen atoms in total. The number of rotatable bonds is 4. The summed E-state index contributed by atoms with van der Waals surface area (Å²) in [5.74, 6) is -7.17. The smallest absolute Gasteiger partial charge is 0.348 e. The molecule has 0 saturated heterocycles. The van der Waals surface area contributed by atoms with E-state index in [1.54, 1.807) is 0 Å². The molecule has 1 rings (SSSR count). The van der Waals surface area contributed by atoms with E-state index in [0.717, 1.165) is 19.3 Å². The molecule has 0 atom stereocenters. The van der Waals surface area contributed by atoms with Gasteiger partial charge in [-0.15, -0.1) is 0 Å². The van der Waals surface area contributed by atoms with Crippen molar-refractivity contribution in [1.82, 2.24) is 5.32 Å². The highest BCUT2D eigenvalue weighted by Crippen LogP contribution is 2.41. The van der Waals surface area contributed by atoms with Crippen LogP contribution in [0.25, 0.3) is 0 Å². The molecule has 124 valence electrons. The highest BCUT2D eigenvalue weighted by molar-refractivity contribution is 5.84. The topological polar surface area (TPSA) is 29.1 Å². The van der Waals surface area contributed by atoms with Crippen LogP contribution in [0, 0.1) is 11.3 Å². The summed E-state index contributed by atoms with van der Waals surface area (Å²) in [7, 11) is 0. The Labute approximate surface area is 121 Å². The first kappa shape index (κ1) is 18.2. The Hall–Kier alpha value is -0.880. The lowest BCUT2D eigenvalue weighted by molar-refractivity contribution is -0.270. The van der Waals surface area contributed by atoms with E-state index >= 15 is 0 Å². The fourth-order valence-electron chi connectivity index (χ4n) is 2.71. The van der Waals surface area contributed by atoms with Crippen molar-refractivity contribution in [1.29, 1.82) is 0 Å². The molecule has 1 fully saturated rings. The van der Waals surface area contributed by atoms with Crippen LogP contribution in [0.3, 0.4) is 0 Å². The van der Waals surface area contributed by atoms with E-state index in [-0.39, 0.29) is 5.41 Å². The van der Waals surface area contributed by atoms with Gasteiger partial charge in [0.15, 0.2) is 0 Å². The summed E-state index contributed by atoms with van der Waals surface area (Å²) in [6, 6.07) is -0.602. The molecule has 0 heterocycles. The van der Waals surface area contributed by atoms with E-state index in [1.807, 2.05) is 5.32 Å². The molecule has 0 aliphatic heterocycles. The van der Waals surface area contributed by atoms with E-state index in [2.05, 4.69) is 20.8 Å². The molecule has 0 bridgehead atoms. The van der Waals surface area contributed by atoms with E-state index < -0.39 is 24.0 Å². The number of nitrogens with one attached hydrogen (secondary N) is 1. The molecule has 0 radical (unpaired) electrons. The average molecular weight is 315 g/mol. The van der Waals surface area contributed by atoms with Crippen molar-refractivity contribution in [2.24, 2.45) is 11.3 Å². The van der Waals surface area contributed by atoms with Crippen LogP contribution in [0.1, 0.15) is 52.9 Å². The minimum absolute atomic E-state index is 0.116. The number of hydrogen-bond acceptors (Lipinski definition) is 1. The molecule has 1 aliphatic rings. The van der Waals surface area contributed by atoms with Gasteiger partial charge in [0.1, 0.15) is 0 Å². The largest absolute Gasteiger partial charge is 0.463 e. The molecule has 7 heteroatoms. The zero-order valence-corrected chi connectivity index (χ0v) is 12.5. The quantitative estimate of drug-likeness (QED) is 0.770. The Balaban J connectivity index is 2.56. The van der Waals surface area contributed by atoms with E-state index in [1.165, 1.54) is 0 Å². The number of halogens is 5. The number of carbonyl (C=O) groups excluding carboxylic acids is 1. The van der Waals surface area contributed by atoms with Crippen molar-refractivity contribution >= 4 is 5.91 Å². The molecule has 1 aliphatic carbocycles. The van der Waals surface area contributed by atoms with Gasteiger partial charge in [-0.1, -0.05) is 27.2 Å². The highest BCUT2D eigenvalue weighted by Gasteiger charge is 2.63. The molecule has 1 amide bonds. The van der Waals surface area contributed by atoms with Gasteiger partial charge in [0.05, 0.1) is 0 Å². The fraction of sp³-hybridized carbons (Fsp3) is 0.929. The normalized spacial score (nSPS) is 24.8. The lowest BCUT2D eigenvalue weighted by atomic mass is 9.69. The Morgan fingerprint density at radius 1 is 1.05 bits per heavy atom. The van der Waals surface area contributed by atoms with Crippen LogP contribution in [0.15, 0.2) is 0 Å². The highest BCUT2D eigenvalue weighted by atomic mass is 19.4. The van der Waals surface area contributed by atoms with Crippen LogP contribution in [0.4, 0.5) is 22.0 Å². The van der Waals surface area contributed by atoms with Crippen molar-refractivity contribution < 1.29 is 26.7 Å². The minimum Gasteiger partial charge on any atom is -0.348 e. The van der Waals surface area contributed by atoms with Crippen molar-refractivity contribution in [2.45, 2.75) is 71.0 Å². The molecule has 0 spiro atoms. The van der Waals surface area contributed by atoms with Gasteiger partial charge in [0.2, 0.25) is 0 Å². The van der Waals surface area contributed by atoms with Crippen LogP contribution in [-0.2, 0) is 4.79 Å². The van der Waals surface area contributed by atoms with Gasteiger partial charge in [-0.3, -0.25) is 4.79 Å². The Bertz CT molecular complexity index is 370. The van der Waals surface area contributed by atoms with Gasteiger partial charge in [-0.05, 0) is 37.0 Å². The standard InChI is InChI=1S/C14H22F5NO/c1-4-12(2,3)9-5-7-10(8-6-9)20-11(21)13(15,16)14(17,18)19/h9-10H,4-8H2,1-3H3,(H,20,21). The van der Waals surface area contributed by atoms with E-state index in [4.69, 9.17) is 0 Å². The molecular formula is C14H22F5NO. The van der Waals surface area contributed by atoms with Gasteiger partial charge in [-0.25, -0.2) is 0 Å². The molecule has 0 aromatic rings. The zero-order chi connectivity index (χ0) is 16.5. The monoisotopic (exact) mass is 315 g/mol. The first-order valence-electron chi connectivity index (χ1n) is 7.17. The van der Waals surface area contributed by atoms with E-state index in [9.17, 15) is 26.7 Å². The average Bonchev–Trinajstić information content (AvgIpc) is 2.38. The molecule has 21 heavy (non-hydrogen) atoms. The number of hydrogen-bond donors (Lipinski definition) is 1. The predicted molar refractivity (Wildman–Crippen MR) is 69.0 cm³/mol. The van der Waals surface area contributed by atoms with E-state index in [0.29, 0.717) is 18.8 Å². The Morgan fingerprint density at radius 3 is 1.90 bits per heavy atom. The van der Waals surface area contributed by atoms with Gasteiger partial charge >= 0.3 is 18.0 Å². The van der Waals surface area contributed by atoms with Crippen molar-refractivity contribution in [3.8, 4) is 0 Å². The van der Waals surface area contributed by atoms with Crippen molar-refractivity contribution in [3.05, 3.63) is 0 Å². The first-order chi connectivity index (χ1) is 9.41. The zero-order valence-electron chi connectivity index (χ0n) is 12.5. The maximum atomic E-state index is 12.9. The third kappa shape index (κ3) is 4.07. The van der Waals surface area contributed by atoms with Crippen LogP contribution in [0.2, 0.25) is 0 Å². The summed E-state index contributed by atoms with van der Waals surface area (Å²) in [6.45, 7) is 6.31. The summed E-state index contributed by atoms with van der Waals surface area (Å²) < 4.78 is 62.0. The molecule has 1 N–H and O–H groups in total. The summed E-state index contributed by atoms with van der Waals surface area (Å²) in [6.07, 6.45) is -2.55. The second-order valence-corrected chi connectivity index (χ2v) is 6.44. The fourth-order valence-corrected chi connectivity index (χ4v) is 2.71. The molecular weight excluding hydrogens is 293 g/mol. The van der Waals surface area contributed by atoms with Crippen LogP contribution >= 0.6 is 0 Å². The Morgan fingerprint density at radius 2 is 1.52 bits per heavy atom. The summed E-state index contributed by atoms with van der Waals surface area (Å²) in [5, 5.41) is 1.85. The molecule has 0 unspecified atom stereocenters. The third-order valence-corrected chi connectivity index (χ3v) is 4.72. The first-order valence-corrected chi connectivity index (χ1v) is 7.17. The number of alkyl halides is 5.